The maximum Gasteiger partial charge on any atom is 0.162 e. The van der Waals surface area contributed by atoms with Gasteiger partial charge in [0.25, 0.3) is 0 Å². The van der Waals surface area contributed by atoms with Gasteiger partial charge in [-0.15, -0.1) is 0 Å². The first-order valence-electron chi connectivity index (χ1n) is 5.42. The predicted molar refractivity (Wildman–Crippen MR) is 68.2 cm³/mol. The topological polar surface area (TPSA) is 44.2 Å². The Labute approximate surface area is 114 Å². The Morgan fingerprint density at radius 1 is 1.35 bits per heavy atom. The molecular weight excluding hydrogens is 307 g/mol. The monoisotopic (exact) mass is 320 g/mol. The number of aromatic nitrogens is 2. The zero-order valence-electron chi connectivity index (χ0n) is 9.80. The molecule has 1 aliphatic rings. The number of aryl methyl sites for hydroxylation is 1. The van der Waals surface area contributed by atoms with Gasteiger partial charge >= 0.3 is 0 Å². The molecule has 6 heteroatoms. The molecule has 1 aliphatic heterocycles. The highest BCUT2D eigenvalue weighted by atomic mass is 79.9. The van der Waals surface area contributed by atoms with Crippen molar-refractivity contribution in [3.63, 3.8) is 0 Å². The molecule has 4 nitrogen and oxygen atoms in total. The molecule has 0 atom stereocenters. The minimum Gasteiger partial charge on any atom is -0.381 e. The van der Waals surface area contributed by atoms with Crippen LogP contribution in [-0.2, 0) is 15.1 Å². The van der Waals surface area contributed by atoms with Crippen molar-refractivity contribution >= 4 is 27.5 Å². The molecule has 0 bridgehead atoms. The Morgan fingerprint density at radius 3 is 2.53 bits per heavy atom. The van der Waals surface area contributed by atoms with Crippen LogP contribution < -0.4 is 0 Å². The lowest BCUT2D eigenvalue weighted by atomic mass is 9.93. The van der Waals surface area contributed by atoms with E-state index in [-0.39, 0.29) is 0 Å². The van der Waals surface area contributed by atoms with Gasteiger partial charge in [0, 0.05) is 33.2 Å². The highest BCUT2D eigenvalue weighted by molar-refractivity contribution is 9.10. The second-order valence-corrected chi connectivity index (χ2v) is 5.20. The zero-order valence-corrected chi connectivity index (χ0v) is 12.1. The second kappa shape index (κ2) is 5.18. The minimum absolute atomic E-state index is 0.426. The molecule has 2 rings (SSSR count). The summed E-state index contributed by atoms with van der Waals surface area (Å²) in [6.45, 7) is 3.21. The van der Waals surface area contributed by atoms with Gasteiger partial charge in [0.1, 0.15) is 10.8 Å². The van der Waals surface area contributed by atoms with E-state index in [0.717, 1.165) is 23.0 Å². The van der Waals surface area contributed by atoms with Gasteiger partial charge in [-0.25, -0.2) is 9.97 Å². The number of nitrogens with zero attached hydrogens (tertiary/aromatic N) is 2. The Bertz CT molecular complexity index is 399. The molecule has 1 fully saturated rings. The molecule has 0 unspecified atom stereocenters. The second-order valence-electron chi connectivity index (χ2n) is 4.05. The standard InChI is InChI=1S/C11H14BrClN2O2/c1-7-8(12)9(13)15-10(14-7)11(16-2)3-5-17-6-4-11/h3-6H2,1-2H3. The van der Waals surface area contributed by atoms with Gasteiger partial charge in [0.2, 0.25) is 0 Å². The first-order chi connectivity index (χ1) is 8.09. The first-order valence-corrected chi connectivity index (χ1v) is 6.59. The number of rotatable bonds is 2. The molecule has 0 radical (unpaired) electrons. The summed E-state index contributed by atoms with van der Waals surface area (Å²) in [6.07, 6.45) is 1.50. The molecule has 0 amide bonds. The molecule has 0 N–H and O–H groups in total. The summed E-state index contributed by atoms with van der Waals surface area (Å²) in [5.41, 5.74) is 0.357. The van der Waals surface area contributed by atoms with Gasteiger partial charge in [0.05, 0.1) is 10.2 Å². The fourth-order valence-corrected chi connectivity index (χ4v) is 2.34. The van der Waals surface area contributed by atoms with Crippen LogP contribution in [0.15, 0.2) is 4.47 Å². The van der Waals surface area contributed by atoms with Gasteiger partial charge < -0.3 is 9.47 Å². The van der Waals surface area contributed by atoms with Crippen molar-refractivity contribution in [2.24, 2.45) is 0 Å². The summed E-state index contributed by atoms with van der Waals surface area (Å²) < 4.78 is 11.7. The Hall–Kier alpha value is -0.230. The number of methoxy groups -OCH3 is 1. The van der Waals surface area contributed by atoms with Gasteiger partial charge in [-0.3, -0.25) is 0 Å². The van der Waals surface area contributed by atoms with E-state index in [1.54, 1.807) is 7.11 Å². The summed E-state index contributed by atoms with van der Waals surface area (Å²) in [7, 11) is 1.68. The van der Waals surface area contributed by atoms with Crippen LogP contribution in [0.2, 0.25) is 5.15 Å². The molecule has 1 saturated heterocycles. The summed E-state index contributed by atoms with van der Waals surface area (Å²) in [5, 5.41) is 0.426. The summed E-state index contributed by atoms with van der Waals surface area (Å²) in [5.74, 6) is 0.647. The quantitative estimate of drug-likeness (QED) is 0.786. The van der Waals surface area contributed by atoms with E-state index in [9.17, 15) is 0 Å². The van der Waals surface area contributed by atoms with Crippen molar-refractivity contribution in [3.05, 3.63) is 21.1 Å². The molecule has 1 aromatic heterocycles. The number of hydrogen-bond donors (Lipinski definition) is 0. The number of halogens is 2. The van der Waals surface area contributed by atoms with Crippen molar-refractivity contribution in [2.75, 3.05) is 20.3 Å². The Balaban J connectivity index is 2.43. The molecule has 94 valence electrons. The number of hydrogen-bond acceptors (Lipinski definition) is 4. The fourth-order valence-electron chi connectivity index (χ4n) is 1.95. The Morgan fingerprint density at radius 2 is 2.00 bits per heavy atom. The normalized spacial score (nSPS) is 19.3. The van der Waals surface area contributed by atoms with Crippen LogP contribution in [0.3, 0.4) is 0 Å². The van der Waals surface area contributed by atoms with Crippen LogP contribution in [0.4, 0.5) is 0 Å². The van der Waals surface area contributed by atoms with Gasteiger partial charge in [0.15, 0.2) is 5.82 Å². The average Bonchev–Trinajstić information content (AvgIpc) is 2.36. The van der Waals surface area contributed by atoms with Crippen LogP contribution in [-0.4, -0.2) is 30.3 Å². The molecule has 2 heterocycles. The first kappa shape index (κ1) is 13.2. The third-order valence-electron chi connectivity index (χ3n) is 3.08. The van der Waals surface area contributed by atoms with E-state index in [2.05, 4.69) is 25.9 Å². The maximum atomic E-state index is 6.07. The van der Waals surface area contributed by atoms with Crippen LogP contribution in [0.5, 0.6) is 0 Å². The van der Waals surface area contributed by atoms with E-state index in [1.807, 2.05) is 6.92 Å². The highest BCUT2D eigenvalue weighted by Crippen LogP contribution is 2.35. The fraction of sp³-hybridized carbons (Fsp3) is 0.636. The molecule has 17 heavy (non-hydrogen) atoms. The van der Waals surface area contributed by atoms with E-state index < -0.39 is 5.60 Å². The highest BCUT2D eigenvalue weighted by Gasteiger charge is 2.38. The van der Waals surface area contributed by atoms with Gasteiger partial charge in [-0.05, 0) is 22.9 Å². The van der Waals surface area contributed by atoms with Crippen LogP contribution in [0.25, 0.3) is 0 Å². The third kappa shape index (κ3) is 2.47. The Kier molecular flexibility index (Phi) is 4.02. The smallest absolute Gasteiger partial charge is 0.162 e. The summed E-state index contributed by atoms with van der Waals surface area (Å²) >= 11 is 9.43. The summed E-state index contributed by atoms with van der Waals surface area (Å²) in [4.78, 5) is 8.80. The largest absolute Gasteiger partial charge is 0.381 e. The van der Waals surface area contributed by atoms with E-state index >= 15 is 0 Å². The van der Waals surface area contributed by atoms with Crippen molar-refractivity contribution in [1.29, 1.82) is 0 Å². The molecule has 1 aromatic rings. The lowest BCUT2D eigenvalue weighted by molar-refractivity contribution is -0.100. The SMILES string of the molecule is COC1(c2nc(C)c(Br)c(Cl)n2)CCOCC1. The molecule has 0 saturated carbocycles. The van der Waals surface area contributed by atoms with Crippen LogP contribution in [0.1, 0.15) is 24.4 Å². The molecular formula is C11H14BrClN2O2. The average molecular weight is 322 g/mol. The van der Waals surface area contributed by atoms with Crippen molar-refractivity contribution < 1.29 is 9.47 Å². The summed E-state index contributed by atoms with van der Waals surface area (Å²) in [6, 6.07) is 0. The van der Waals surface area contributed by atoms with E-state index in [0.29, 0.717) is 24.2 Å². The maximum absolute atomic E-state index is 6.07. The van der Waals surface area contributed by atoms with Gasteiger partial charge in [-0.1, -0.05) is 11.6 Å². The zero-order chi connectivity index (χ0) is 12.5. The lowest BCUT2D eigenvalue weighted by Crippen LogP contribution is -2.37. The van der Waals surface area contributed by atoms with Crippen molar-refractivity contribution in [1.82, 2.24) is 9.97 Å². The number of ether oxygens (including phenoxy) is 2. The molecule has 0 aliphatic carbocycles. The van der Waals surface area contributed by atoms with Crippen molar-refractivity contribution in [2.45, 2.75) is 25.4 Å². The van der Waals surface area contributed by atoms with E-state index in [4.69, 9.17) is 21.1 Å². The third-order valence-corrected chi connectivity index (χ3v) is 4.53. The van der Waals surface area contributed by atoms with Crippen molar-refractivity contribution in [3.8, 4) is 0 Å². The van der Waals surface area contributed by atoms with E-state index in [1.165, 1.54) is 0 Å². The van der Waals surface area contributed by atoms with Crippen LogP contribution in [0, 0.1) is 6.92 Å². The molecule has 0 spiro atoms. The van der Waals surface area contributed by atoms with Gasteiger partial charge in [-0.2, -0.15) is 0 Å². The molecule has 0 aromatic carbocycles. The van der Waals surface area contributed by atoms with Crippen LogP contribution >= 0.6 is 27.5 Å². The predicted octanol–water partition coefficient (Wildman–Crippen LogP) is 2.85. The minimum atomic E-state index is -0.465. The lowest BCUT2D eigenvalue weighted by Gasteiger charge is -2.34.